The van der Waals surface area contributed by atoms with Crippen LogP contribution in [0.3, 0.4) is 0 Å². The maximum absolute atomic E-state index is 4.35. The minimum atomic E-state index is 0. The van der Waals surface area contributed by atoms with Crippen molar-refractivity contribution in [3.05, 3.63) is 84.4 Å². The Morgan fingerprint density at radius 3 is 2.38 bits per heavy atom. The highest BCUT2D eigenvalue weighted by Crippen LogP contribution is 1.99. The summed E-state index contributed by atoms with van der Waals surface area (Å²) in [6.07, 6.45) is 5.38. The van der Waals surface area contributed by atoms with E-state index in [-0.39, 0.29) is 12.4 Å². The molecule has 1 heterocycles. The highest BCUT2D eigenvalue weighted by molar-refractivity contribution is 5.85. The van der Waals surface area contributed by atoms with Crippen LogP contribution in [0.15, 0.2) is 78.4 Å². The molecule has 0 fully saturated rings. The zero-order valence-corrected chi connectivity index (χ0v) is 12.2. The summed E-state index contributed by atoms with van der Waals surface area (Å²) in [6, 6.07) is 20.2. The number of halogens is 1. The Labute approximate surface area is 129 Å². The first kappa shape index (κ1) is 14.9. The first-order valence-corrected chi connectivity index (χ1v) is 6.47. The molecule has 1 aromatic heterocycles. The van der Waals surface area contributed by atoms with Crippen LogP contribution in [0.2, 0.25) is 0 Å². The lowest BCUT2D eigenvalue weighted by atomic mass is 10.2. The number of nitrogens with zero attached hydrogens (tertiary/aromatic N) is 4. The van der Waals surface area contributed by atoms with Crippen LogP contribution in [-0.2, 0) is 6.54 Å². The highest BCUT2D eigenvalue weighted by atomic mass is 35.5. The van der Waals surface area contributed by atoms with Crippen LogP contribution in [0.25, 0.3) is 0 Å². The first-order valence-electron chi connectivity index (χ1n) is 6.47. The van der Waals surface area contributed by atoms with E-state index in [0.29, 0.717) is 0 Å². The molecule has 0 saturated carbocycles. The lowest BCUT2D eigenvalue weighted by Gasteiger charge is -1.93. The standard InChI is InChI=1S/C16H15N4.ClH/c1-3-7-15(8-4-1)11-17-20-13-18-19(14-20)12-16-9-5-2-6-10-16;/h1-11,13-14H,12H2;1H/q+1;/b17-11-;. The predicted octanol–water partition coefficient (Wildman–Crippen LogP) is 2.52. The number of hydrogen-bond donors (Lipinski definition) is 0. The zero-order valence-electron chi connectivity index (χ0n) is 11.4. The van der Waals surface area contributed by atoms with Gasteiger partial charge in [-0.05, 0) is 11.1 Å². The summed E-state index contributed by atoms with van der Waals surface area (Å²) in [5, 5.41) is 8.64. The molecule has 0 spiro atoms. The SMILES string of the molecule is C(=N/[n+]1cnn(Cc2ccccc2)c1)/c1ccccc1.Cl. The third kappa shape index (κ3) is 4.26. The van der Waals surface area contributed by atoms with E-state index in [4.69, 9.17) is 0 Å². The van der Waals surface area contributed by atoms with Gasteiger partial charge < -0.3 is 0 Å². The summed E-state index contributed by atoms with van der Waals surface area (Å²) >= 11 is 0. The average molecular weight is 300 g/mol. The Kier molecular flexibility index (Phi) is 5.23. The minimum absolute atomic E-state index is 0. The fourth-order valence-corrected chi connectivity index (χ4v) is 1.90. The minimum Gasteiger partial charge on any atom is -0.147 e. The summed E-state index contributed by atoms with van der Waals surface area (Å²) in [5.41, 5.74) is 2.28. The van der Waals surface area contributed by atoms with Crippen LogP contribution >= 0.6 is 12.4 Å². The molecule has 3 rings (SSSR count). The normalized spacial score (nSPS) is 10.5. The lowest BCUT2D eigenvalue weighted by molar-refractivity contribution is -0.679. The summed E-state index contributed by atoms with van der Waals surface area (Å²) in [5.74, 6) is 0. The second-order valence-electron chi connectivity index (χ2n) is 4.46. The van der Waals surface area contributed by atoms with E-state index in [2.05, 4.69) is 22.3 Å². The molecular weight excluding hydrogens is 284 g/mol. The Morgan fingerprint density at radius 2 is 1.67 bits per heavy atom. The van der Waals surface area contributed by atoms with Gasteiger partial charge in [0.25, 0.3) is 6.33 Å². The monoisotopic (exact) mass is 299 g/mol. The summed E-state index contributed by atoms with van der Waals surface area (Å²) < 4.78 is 3.56. The largest absolute Gasteiger partial charge is 0.289 e. The fourth-order valence-electron chi connectivity index (χ4n) is 1.90. The van der Waals surface area contributed by atoms with Gasteiger partial charge in [0.1, 0.15) is 6.54 Å². The first-order chi connectivity index (χ1) is 9.90. The van der Waals surface area contributed by atoms with Crippen LogP contribution < -0.4 is 4.68 Å². The molecule has 5 heteroatoms. The number of rotatable bonds is 4. The van der Waals surface area contributed by atoms with Crippen LogP contribution in [0, 0.1) is 0 Å². The van der Waals surface area contributed by atoms with Crippen LogP contribution in [0.1, 0.15) is 11.1 Å². The topological polar surface area (TPSA) is 34.1 Å². The van der Waals surface area contributed by atoms with Crippen LogP contribution in [0.4, 0.5) is 0 Å². The third-order valence-corrected chi connectivity index (χ3v) is 2.90. The molecule has 3 aromatic rings. The van der Waals surface area contributed by atoms with Crippen molar-refractivity contribution >= 4 is 18.6 Å². The fraction of sp³-hybridized carbons (Fsp3) is 0.0625. The number of benzene rings is 2. The Balaban J connectivity index is 0.00000161. The smallest absolute Gasteiger partial charge is 0.147 e. The quantitative estimate of drug-likeness (QED) is 0.538. The van der Waals surface area contributed by atoms with Gasteiger partial charge in [0.15, 0.2) is 0 Å². The van der Waals surface area contributed by atoms with Crippen molar-refractivity contribution in [3.8, 4) is 0 Å². The lowest BCUT2D eigenvalue weighted by Crippen LogP contribution is -2.24. The zero-order chi connectivity index (χ0) is 13.6. The molecule has 0 aliphatic heterocycles. The van der Waals surface area contributed by atoms with Gasteiger partial charge >= 0.3 is 0 Å². The van der Waals surface area contributed by atoms with Gasteiger partial charge in [0.2, 0.25) is 6.33 Å². The van der Waals surface area contributed by atoms with Crippen molar-refractivity contribution in [1.82, 2.24) is 9.78 Å². The predicted molar refractivity (Wildman–Crippen MR) is 84.6 cm³/mol. The van der Waals surface area contributed by atoms with Crippen LogP contribution in [0.5, 0.6) is 0 Å². The second-order valence-corrected chi connectivity index (χ2v) is 4.46. The third-order valence-electron chi connectivity index (χ3n) is 2.90. The van der Waals surface area contributed by atoms with Gasteiger partial charge in [0.05, 0.1) is 6.21 Å². The molecule has 0 bridgehead atoms. The molecule has 21 heavy (non-hydrogen) atoms. The second kappa shape index (κ2) is 7.36. The Hall–Kier alpha value is -2.46. The van der Waals surface area contributed by atoms with E-state index in [1.807, 2.05) is 65.8 Å². The average Bonchev–Trinajstić information content (AvgIpc) is 2.95. The summed E-state index contributed by atoms with van der Waals surface area (Å²) in [4.78, 5) is 0. The molecule has 2 aromatic carbocycles. The molecule has 106 valence electrons. The number of aromatic nitrogens is 3. The molecule has 0 aliphatic rings. The van der Waals surface area contributed by atoms with E-state index in [1.54, 1.807) is 11.0 Å². The maximum Gasteiger partial charge on any atom is 0.289 e. The number of hydrogen-bond acceptors (Lipinski definition) is 2. The van der Waals surface area contributed by atoms with E-state index in [1.165, 1.54) is 5.56 Å². The van der Waals surface area contributed by atoms with E-state index < -0.39 is 0 Å². The summed E-state index contributed by atoms with van der Waals surface area (Å²) in [6.45, 7) is 0.745. The molecule has 0 radical (unpaired) electrons. The van der Waals surface area contributed by atoms with Gasteiger partial charge in [-0.1, -0.05) is 60.7 Å². The van der Waals surface area contributed by atoms with Crippen molar-refractivity contribution < 1.29 is 4.68 Å². The highest BCUT2D eigenvalue weighted by Gasteiger charge is 2.05. The molecule has 0 aliphatic carbocycles. The van der Waals surface area contributed by atoms with Crippen molar-refractivity contribution in [2.24, 2.45) is 5.10 Å². The molecule has 0 unspecified atom stereocenters. The molecule has 0 atom stereocenters. The summed E-state index contributed by atoms with van der Waals surface area (Å²) in [7, 11) is 0. The van der Waals surface area contributed by atoms with Gasteiger partial charge in [-0.3, -0.25) is 0 Å². The van der Waals surface area contributed by atoms with Crippen molar-refractivity contribution in [2.75, 3.05) is 0 Å². The van der Waals surface area contributed by atoms with E-state index >= 15 is 0 Å². The van der Waals surface area contributed by atoms with Crippen molar-refractivity contribution in [3.63, 3.8) is 0 Å². The van der Waals surface area contributed by atoms with Gasteiger partial charge in [0, 0.05) is 5.10 Å². The molecule has 0 saturated heterocycles. The Bertz CT molecular complexity index is 693. The van der Waals surface area contributed by atoms with E-state index in [0.717, 1.165) is 12.1 Å². The van der Waals surface area contributed by atoms with Gasteiger partial charge in [-0.25, -0.2) is 0 Å². The molecule has 0 amide bonds. The van der Waals surface area contributed by atoms with Gasteiger partial charge in [-0.15, -0.1) is 26.9 Å². The molecular formula is C16H16ClN4+. The van der Waals surface area contributed by atoms with Crippen molar-refractivity contribution in [2.45, 2.75) is 6.54 Å². The van der Waals surface area contributed by atoms with E-state index in [9.17, 15) is 0 Å². The van der Waals surface area contributed by atoms with Crippen molar-refractivity contribution in [1.29, 1.82) is 0 Å². The van der Waals surface area contributed by atoms with Crippen LogP contribution in [-0.4, -0.2) is 16.0 Å². The van der Waals surface area contributed by atoms with Gasteiger partial charge in [-0.2, -0.15) is 0 Å². The molecule has 4 nitrogen and oxygen atoms in total. The Morgan fingerprint density at radius 1 is 1.00 bits per heavy atom. The maximum atomic E-state index is 4.35. The molecule has 0 N–H and O–H groups in total.